The van der Waals surface area contributed by atoms with Crippen LogP contribution in [0.25, 0.3) is 0 Å². The highest BCUT2D eigenvalue weighted by Crippen LogP contribution is 2.32. The van der Waals surface area contributed by atoms with Crippen LogP contribution in [0.3, 0.4) is 0 Å². The fraction of sp³-hybridized carbons (Fsp3) is 0.750. The maximum absolute atomic E-state index is 11.4. The van der Waals surface area contributed by atoms with E-state index in [1.54, 1.807) is 6.08 Å². The third-order valence-corrected chi connectivity index (χ3v) is 2.03. The van der Waals surface area contributed by atoms with Crippen LogP contribution in [0.4, 0.5) is 0 Å². The Morgan fingerprint density at radius 1 is 1.44 bits per heavy atom. The van der Waals surface area contributed by atoms with E-state index < -0.39 is 5.60 Å². The summed E-state index contributed by atoms with van der Waals surface area (Å²) in [6.07, 6.45) is 6.37. The van der Waals surface area contributed by atoms with E-state index in [4.69, 9.17) is 0 Å². The van der Waals surface area contributed by atoms with Gasteiger partial charge in [-0.1, -0.05) is 18.9 Å². The van der Waals surface area contributed by atoms with Crippen LogP contribution >= 0.6 is 0 Å². The molecule has 1 nitrogen and oxygen atoms in total. The Balaban J connectivity index is 2.40. The standard InChI is InChI=1S/C8H13O/c1-2-5-8(9)6-3-4-7-8/h2H,1,3-7H2. The van der Waals surface area contributed by atoms with Crippen molar-refractivity contribution >= 4 is 0 Å². The number of hydrogen-bond donors (Lipinski definition) is 0. The van der Waals surface area contributed by atoms with Gasteiger partial charge in [0.25, 0.3) is 0 Å². The normalized spacial score (nSPS) is 24.1. The van der Waals surface area contributed by atoms with Crippen LogP contribution in [0.15, 0.2) is 12.7 Å². The summed E-state index contributed by atoms with van der Waals surface area (Å²) in [5, 5.41) is 11.4. The highest BCUT2D eigenvalue weighted by molar-refractivity contribution is 4.89. The minimum atomic E-state index is -0.623. The fourth-order valence-electron chi connectivity index (χ4n) is 1.49. The summed E-state index contributed by atoms with van der Waals surface area (Å²) in [4.78, 5) is 0. The molecule has 1 heteroatoms. The van der Waals surface area contributed by atoms with E-state index in [0.29, 0.717) is 6.42 Å². The lowest BCUT2D eigenvalue weighted by Gasteiger charge is -2.15. The molecule has 51 valence electrons. The maximum Gasteiger partial charge on any atom is 0.107 e. The highest BCUT2D eigenvalue weighted by atomic mass is 16.3. The molecular formula is C8H13O. The van der Waals surface area contributed by atoms with Gasteiger partial charge in [0.1, 0.15) is 5.60 Å². The molecule has 9 heavy (non-hydrogen) atoms. The van der Waals surface area contributed by atoms with Gasteiger partial charge in [0, 0.05) is 0 Å². The van der Waals surface area contributed by atoms with Crippen molar-refractivity contribution in [1.82, 2.24) is 0 Å². The zero-order chi connectivity index (χ0) is 6.74. The fourth-order valence-corrected chi connectivity index (χ4v) is 1.49. The first-order valence-electron chi connectivity index (χ1n) is 3.58. The van der Waals surface area contributed by atoms with Gasteiger partial charge in [-0.05, 0) is 19.3 Å². The maximum atomic E-state index is 11.4. The lowest BCUT2D eigenvalue weighted by Crippen LogP contribution is -2.20. The largest absolute Gasteiger partial charge is 0.229 e. The van der Waals surface area contributed by atoms with Crippen LogP contribution in [0.5, 0.6) is 0 Å². The third kappa shape index (κ3) is 1.55. The number of hydrogen-bond acceptors (Lipinski definition) is 0. The van der Waals surface area contributed by atoms with E-state index in [0.717, 1.165) is 25.7 Å². The van der Waals surface area contributed by atoms with Gasteiger partial charge in [-0.3, -0.25) is 0 Å². The summed E-state index contributed by atoms with van der Waals surface area (Å²) in [6, 6.07) is 0. The molecule has 0 spiro atoms. The van der Waals surface area contributed by atoms with Crippen LogP contribution in [0.1, 0.15) is 32.1 Å². The van der Waals surface area contributed by atoms with Crippen LogP contribution in [0.2, 0.25) is 0 Å². The van der Waals surface area contributed by atoms with Gasteiger partial charge < -0.3 is 0 Å². The molecule has 0 unspecified atom stereocenters. The van der Waals surface area contributed by atoms with Gasteiger partial charge in [-0.15, -0.1) is 6.58 Å². The zero-order valence-electron chi connectivity index (χ0n) is 5.73. The lowest BCUT2D eigenvalue weighted by atomic mass is 9.98. The lowest BCUT2D eigenvalue weighted by molar-refractivity contribution is -0.0206. The molecule has 1 aliphatic rings. The SMILES string of the molecule is C=CCC1([O])CCCC1. The highest BCUT2D eigenvalue weighted by Gasteiger charge is 2.31. The minimum absolute atomic E-state index is 0.623. The smallest absolute Gasteiger partial charge is 0.107 e. The summed E-state index contributed by atoms with van der Waals surface area (Å²) in [6.45, 7) is 3.57. The summed E-state index contributed by atoms with van der Waals surface area (Å²) < 4.78 is 0. The summed E-state index contributed by atoms with van der Waals surface area (Å²) in [7, 11) is 0. The van der Waals surface area contributed by atoms with Crippen LogP contribution in [0, 0.1) is 0 Å². The van der Waals surface area contributed by atoms with Crippen molar-refractivity contribution in [3.8, 4) is 0 Å². The molecule has 1 saturated carbocycles. The Morgan fingerprint density at radius 3 is 2.44 bits per heavy atom. The Hall–Kier alpha value is -0.300. The molecule has 0 aromatic rings. The predicted octanol–water partition coefficient (Wildman–Crippen LogP) is 2.31. The third-order valence-electron chi connectivity index (χ3n) is 2.03. The van der Waals surface area contributed by atoms with Crippen LogP contribution in [-0.4, -0.2) is 5.60 Å². The molecule has 1 radical (unpaired) electrons. The Bertz CT molecular complexity index is 101. The quantitative estimate of drug-likeness (QED) is 0.505. The van der Waals surface area contributed by atoms with E-state index in [1.165, 1.54) is 0 Å². The van der Waals surface area contributed by atoms with E-state index in [9.17, 15) is 5.11 Å². The molecule has 1 rings (SSSR count). The molecule has 1 fully saturated rings. The van der Waals surface area contributed by atoms with Crippen molar-refractivity contribution in [3.63, 3.8) is 0 Å². The van der Waals surface area contributed by atoms with Crippen molar-refractivity contribution in [3.05, 3.63) is 12.7 Å². The average Bonchev–Trinajstić information content (AvgIpc) is 2.16. The zero-order valence-corrected chi connectivity index (χ0v) is 5.73. The molecule has 0 saturated heterocycles. The van der Waals surface area contributed by atoms with Gasteiger partial charge in [0.15, 0.2) is 0 Å². The van der Waals surface area contributed by atoms with E-state index in [2.05, 4.69) is 6.58 Å². The molecule has 0 aromatic heterocycles. The summed E-state index contributed by atoms with van der Waals surface area (Å²) >= 11 is 0. The second kappa shape index (κ2) is 2.53. The molecule has 0 heterocycles. The van der Waals surface area contributed by atoms with Gasteiger partial charge in [-0.2, -0.15) is 0 Å². The summed E-state index contributed by atoms with van der Waals surface area (Å²) in [5.74, 6) is 0. The average molecular weight is 125 g/mol. The first kappa shape index (κ1) is 6.81. The molecule has 0 aromatic carbocycles. The van der Waals surface area contributed by atoms with Gasteiger partial charge in [0.05, 0.1) is 0 Å². The Labute approximate surface area is 56.4 Å². The minimum Gasteiger partial charge on any atom is -0.229 e. The second-order valence-corrected chi connectivity index (χ2v) is 2.88. The van der Waals surface area contributed by atoms with Crippen molar-refractivity contribution in [2.45, 2.75) is 37.7 Å². The second-order valence-electron chi connectivity index (χ2n) is 2.88. The van der Waals surface area contributed by atoms with E-state index >= 15 is 0 Å². The first-order valence-corrected chi connectivity index (χ1v) is 3.58. The molecule has 0 bridgehead atoms. The van der Waals surface area contributed by atoms with Gasteiger partial charge in [-0.25, -0.2) is 5.11 Å². The summed E-state index contributed by atoms with van der Waals surface area (Å²) in [5.41, 5.74) is -0.623. The molecule has 0 atom stereocenters. The molecule has 0 amide bonds. The van der Waals surface area contributed by atoms with E-state index in [-0.39, 0.29) is 0 Å². The Morgan fingerprint density at radius 2 is 2.00 bits per heavy atom. The Kier molecular flexibility index (Phi) is 1.91. The predicted molar refractivity (Wildman–Crippen MR) is 36.7 cm³/mol. The molecule has 0 aliphatic heterocycles. The van der Waals surface area contributed by atoms with Crippen molar-refractivity contribution < 1.29 is 5.11 Å². The van der Waals surface area contributed by atoms with Crippen LogP contribution in [-0.2, 0) is 5.11 Å². The van der Waals surface area contributed by atoms with Gasteiger partial charge in [0.2, 0.25) is 0 Å². The monoisotopic (exact) mass is 125 g/mol. The van der Waals surface area contributed by atoms with Crippen molar-refractivity contribution in [1.29, 1.82) is 0 Å². The number of rotatable bonds is 2. The van der Waals surface area contributed by atoms with Gasteiger partial charge >= 0.3 is 0 Å². The topological polar surface area (TPSA) is 19.9 Å². The van der Waals surface area contributed by atoms with Crippen LogP contribution < -0.4 is 0 Å². The molecule has 1 aliphatic carbocycles. The van der Waals surface area contributed by atoms with Crippen molar-refractivity contribution in [2.24, 2.45) is 0 Å². The first-order chi connectivity index (χ1) is 4.27. The van der Waals surface area contributed by atoms with Crippen molar-refractivity contribution in [2.75, 3.05) is 0 Å². The van der Waals surface area contributed by atoms with E-state index in [1.807, 2.05) is 0 Å². The molecular weight excluding hydrogens is 112 g/mol. The molecule has 0 N–H and O–H groups in total.